The summed E-state index contributed by atoms with van der Waals surface area (Å²) >= 11 is 6.14. The molecule has 1 aliphatic heterocycles. The Morgan fingerprint density at radius 1 is 1.32 bits per heavy atom. The Morgan fingerprint density at radius 2 is 2.11 bits per heavy atom. The fraction of sp³-hybridized carbons (Fsp3) is 0.474. The Labute approximate surface area is 168 Å². The number of hydrogen-bond donors (Lipinski definition) is 1. The summed E-state index contributed by atoms with van der Waals surface area (Å²) in [5.74, 6) is 0.497. The third-order valence-electron chi connectivity index (χ3n) is 5.39. The van der Waals surface area contributed by atoms with E-state index in [1.165, 1.54) is 7.11 Å². The average molecular weight is 424 g/mol. The monoisotopic (exact) mass is 423 g/mol. The Morgan fingerprint density at radius 3 is 2.79 bits per heavy atom. The Balaban J connectivity index is 1.64. The normalized spacial score (nSPS) is 20.6. The van der Waals surface area contributed by atoms with Gasteiger partial charge in [-0.3, -0.25) is 9.48 Å². The average Bonchev–Trinajstić information content (AvgIpc) is 3.22. The molecule has 1 saturated heterocycles. The van der Waals surface area contributed by atoms with Crippen LogP contribution in [0.4, 0.5) is 5.69 Å². The third kappa shape index (κ3) is 3.63. The van der Waals surface area contributed by atoms with Crippen LogP contribution in [0.5, 0.6) is 5.75 Å². The number of rotatable bonds is 4. The maximum Gasteiger partial charge on any atom is 0.276 e. The quantitative estimate of drug-likeness (QED) is 0.816. The van der Waals surface area contributed by atoms with Gasteiger partial charge in [-0.25, -0.2) is 8.42 Å². The van der Waals surface area contributed by atoms with Crippen molar-refractivity contribution in [2.24, 2.45) is 0 Å². The number of aromatic nitrogens is 2. The van der Waals surface area contributed by atoms with Gasteiger partial charge in [-0.1, -0.05) is 11.6 Å². The van der Waals surface area contributed by atoms with E-state index in [-0.39, 0.29) is 23.5 Å². The maximum absolute atomic E-state index is 12.9. The standard InChI is InChI=1S/C19H22ClN3O4S/c1-27-17-7-6-12(10-15(17)20)21-19(24)18-14-4-2-3-5-16(14)23(22-18)13-8-9-28(25,26)11-13/h6-7,10,13H,2-5,8-9,11H2,1H3,(H,21,24). The summed E-state index contributed by atoms with van der Waals surface area (Å²) in [7, 11) is -1.50. The summed E-state index contributed by atoms with van der Waals surface area (Å²) in [5, 5.41) is 7.83. The molecule has 0 radical (unpaired) electrons. The highest BCUT2D eigenvalue weighted by Gasteiger charge is 2.34. The van der Waals surface area contributed by atoms with E-state index in [2.05, 4.69) is 10.4 Å². The van der Waals surface area contributed by atoms with Crippen molar-refractivity contribution in [3.63, 3.8) is 0 Å². The van der Waals surface area contributed by atoms with Crippen LogP contribution in [0.15, 0.2) is 18.2 Å². The van der Waals surface area contributed by atoms with E-state index in [4.69, 9.17) is 16.3 Å². The molecule has 1 aromatic carbocycles. The van der Waals surface area contributed by atoms with Gasteiger partial charge in [0, 0.05) is 16.9 Å². The molecular weight excluding hydrogens is 402 g/mol. The molecule has 2 aliphatic rings. The van der Waals surface area contributed by atoms with E-state index < -0.39 is 9.84 Å². The van der Waals surface area contributed by atoms with Gasteiger partial charge in [-0.05, 0) is 50.3 Å². The number of carbonyl (C=O) groups excluding carboxylic acids is 1. The molecular formula is C19H22ClN3O4S. The smallest absolute Gasteiger partial charge is 0.276 e. The van der Waals surface area contributed by atoms with Crippen LogP contribution in [0.2, 0.25) is 5.02 Å². The van der Waals surface area contributed by atoms with Gasteiger partial charge in [-0.2, -0.15) is 5.10 Å². The van der Waals surface area contributed by atoms with Gasteiger partial charge in [0.05, 0.1) is 29.7 Å². The van der Waals surface area contributed by atoms with Crippen molar-refractivity contribution in [1.82, 2.24) is 9.78 Å². The van der Waals surface area contributed by atoms with E-state index >= 15 is 0 Å². The highest BCUT2D eigenvalue weighted by Crippen LogP contribution is 2.32. The van der Waals surface area contributed by atoms with Crippen molar-refractivity contribution in [3.05, 3.63) is 40.2 Å². The lowest BCUT2D eigenvalue weighted by atomic mass is 9.95. The minimum absolute atomic E-state index is 0.0935. The Kier molecular flexibility index (Phi) is 5.09. The molecule has 1 fully saturated rings. The molecule has 0 spiro atoms. The van der Waals surface area contributed by atoms with Gasteiger partial charge >= 0.3 is 0 Å². The van der Waals surface area contributed by atoms with Gasteiger partial charge in [0.25, 0.3) is 5.91 Å². The van der Waals surface area contributed by atoms with E-state index in [1.807, 2.05) is 0 Å². The molecule has 28 heavy (non-hydrogen) atoms. The lowest BCUT2D eigenvalue weighted by molar-refractivity contribution is 0.102. The summed E-state index contributed by atoms with van der Waals surface area (Å²) < 4.78 is 30.7. The van der Waals surface area contributed by atoms with Crippen molar-refractivity contribution in [3.8, 4) is 5.75 Å². The van der Waals surface area contributed by atoms with Crippen molar-refractivity contribution >= 4 is 33.0 Å². The SMILES string of the molecule is COc1ccc(NC(=O)c2nn(C3CCS(=O)(=O)C3)c3c2CCCC3)cc1Cl. The number of sulfone groups is 1. The number of amides is 1. The van der Waals surface area contributed by atoms with E-state index in [9.17, 15) is 13.2 Å². The van der Waals surface area contributed by atoms with Crippen molar-refractivity contribution in [1.29, 1.82) is 0 Å². The first-order chi connectivity index (χ1) is 13.4. The molecule has 2 heterocycles. The summed E-state index contributed by atoms with van der Waals surface area (Å²) in [6.45, 7) is 0. The molecule has 1 atom stereocenters. The summed E-state index contributed by atoms with van der Waals surface area (Å²) in [4.78, 5) is 12.9. The van der Waals surface area contributed by atoms with Crippen LogP contribution in [-0.2, 0) is 22.7 Å². The fourth-order valence-corrected chi connectivity index (χ4v) is 5.96. The van der Waals surface area contributed by atoms with E-state index in [0.717, 1.165) is 36.9 Å². The highest BCUT2D eigenvalue weighted by atomic mass is 35.5. The molecule has 2 aromatic rings. The number of nitrogens with one attached hydrogen (secondary N) is 1. The summed E-state index contributed by atoms with van der Waals surface area (Å²) in [5.41, 5.74) is 2.88. The number of nitrogens with zero attached hydrogens (tertiary/aromatic N) is 2. The number of anilines is 1. The maximum atomic E-state index is 12.9. The zero-order chi connectivity index (χ0) is 19.9. The number of benzene rings is 1. The van der Waals surface area contributed by atoms with Crippen LogP contribution >= 0.6 is 11.6 Å². The predicted molar refractivity (Wildman–Crippen MR) is 107 cm³/mol. The lowest BCUT2D eigenvalue weighted by Gasteiger charge is -2.17. The van der Waals surface area contributed by atoms with Gasteiger partial charge in [-0.15, -0.1) is 0 Å². The van der Waals surface area contributed by atoms with Crippen LogP contribution in [0.3, 0.4) is 0 Å². The molecule has 1 unspecified atom stereocenters. The summed E-state index contributed by atoms with van der Waals surface area (Å²) in [6, 6.07) is 4.85. The molecule has 0 saturated carbocycles. The largest absolute Gasteiger partial charge is 0.495 e. The molecule has 9 heteroatoms. The molecule has 7 nitrogen and oxygen atoms in total. The second kappa shape index (κ2) is 7.40. The van der Waals surface area contributed by atoms with Crippen LogP contribution in [-0.4, -0.2) is 42.7 Å². The number of methoxy groups -OCH3 is 1. The summed E-state index contributed by atoms with van der Waals surface area (Å²) in [6.07, 6.45) is 4.16. The van der Waals surface area contributed by atoms with E-state index in [1.54, 1.807) is 22.9 Å². The number of fused-ring (bicyclic) bond motifs is 1. The number of halogens is 1. The molecule has 150 valence electrons. The van der Waals surface area contributed by atoms with Gasteiger partial charge in [0.1, 0.15) is 5.75 Å². The second-order valence-electron chi connectivity index (χ2n) is 7.29. The van der Waals surface area contributed by atoms with Crippen LogP contribution in [0.25, 0.3) is 0 Å². The predicted octanol–water partition coefficient (Wildman–Crippen LogP) is 3.04. The van der Waals surface area contributed by atoms with Crippen LogP contribution < -0.4 is 10.1 Å². The minimum atomic E-state index is -3.03. The number of carbonyl (C=O) groups is 1. The Hall–Kier alpha value is -2.06. The third-order valence-corrected chi connectivity index (χ3v) is 7.43. The molecule has 1 amide bonds. The molecule has 1 N–H and O–H groups in total. The lowest BCUT2D eigenvalue weighted by Crippen LogP contribution is -2.17. The van der Waals surface area contributed by atoms with Crippen LogP contribution in [0, 0.1) is 0 Å². The van der Waals surface area contributed by atoms with Crippen LogP contribution in [0.1, 0.15) is 47.1 Å². The topological polar surface area (TPSA) is 90.3 Å². The van der Waals surface area contributed by atoms with E-state index in [0.29, 0.717) is 28.6 Å². The minimum Gasteiger partial charge on any atom is -0.495 e. The molecule has 1 aromatic heterocycles. The second-order valence-corrected chi connectivity index (χ2v) is 9.92. The van der Waals surface area contributed by atoms with Crippen molar-refractivity contribution < 1.29 is 17.9 Å². The van der Waals surface area contributed by atoms with Crippen molar-refractivity contribution in [2.45, 2.75) is 38.1 Å². The molecule has 1 aliphatic carbocycles. The first-order valence-electron chi connectivity index (χ1n) is 9.33. The zero-order valence-corrected chi connectivity index (χ0v) is 17.1. The molecule has 0 bridgehead atoms. The zero-order valence-electron chi connectivity index (χ0n) is 15.6. The number of ether oxygens (including phenoxy) is 1. The fourth-order valence-electron chi connectivity index (χ4n) is 4.01. The van der Waals surface area contributed by atoms with Gasteiger partial charge < -0.3 is 10.1 Å². The number of hydrogen-bond acceptors (Lipinski definition) is 5. The van der Waals surface area contributed by atoms with Gasteiger partial charge in [0.15, 0.2) is 15.5 Å². The van der Waals surface area contributed by atoms with Crippen molar-refractivity contribution in [2.75, 3.05) is 23.9 Å². The highest BCUT2D eigenvalue weighted by molar-refractivity contribution is 7.91. The Bertz CT molecular complexity index is 1030. The van der Waals surface area contributed by atoms with Gasteiger partial charge in [0.2, 0.25) is 0 Å². The first-order valence-corrected chi connectivity index (χ1v) is 11.5. The first kappa shape index (κ1) is 19.3. The molecule has 4 rings (SSSR count).